The van der Waals surface area contributed by atoms with Gasteiger partial charge in [-0.15, -0.1) is 0 Å². The third-order valence-electron chi connectivity index (χ3n) is 3.74. The van der Waals surface area contributed by atoms with Crippen LogP contribution in [0, 0.1) is 0 Å². The van der Waals surface area contributed by atoms with Gasteiger partial charge in [0.1, 0.15) is 0 Å². The fourth-order valence-corrected chi connectivity index (χ4v) is 2.68. The summed E-state index contributed by atoms with van der Waals surface area (Å²) in [6, 6.07) is 8.71. The highest BCUT2D eigenvalue weighted by Gasteiger charge is 2.15. The summed E-state index contributed by atoms with van der Waals surface area (Å²) in [6.07, 6.45) is 6.78. The Morgan fingerprint density at radius 1 is 1.21 bits per heavy atom. The molecule has 1 aromatic carbocycles. The van der Waals surface area contributed by atoms with Crippen molar-refractivity contribution >= 4 is 23.0 Å². The first kappa shape index (κ1) is 14.0. The Kier molecular flexibility index (Phi) is 4.91. The molecule has 19 heavy (non-hydrogen) atoms. The zero-order chi connectivity index (χ0) is 13.7. The number of nitrogens with one attached hydrogen (secondary N) is 1. The van der Waals surface area contributed by atoms with Gasteiger partial charge in [0, 0.05) is 0 Å². The molecule has 0 amide bonds. The lowest BCUT2D eigenvalue weighted by Gasteiger charge is -2.22. The highest BCUT2D eigenvalue weighted by Crippen LogP contribution is 2.32. The number of hydrogen-bond donors (Lipinski definition) is 2. The normalized spacial score (nSPS) is 17.2. The second-order valence-electron chi connectivity index (χ2n) is 5.13. The van der Waals surface area contributed by atoms with Gasteiger partial charge in [-0.25, -0.2) is 0 Å². The molecular weight excluding hydrogens is 254 g/mol. The van der Waals surface area contributed by atoms with Crippen molar-refractivity contribution in [3.05, 3.63) is 35.4 Å². The van der Waals surface area contributed by atoms with Crippen LogP contribution in [-0.4, -0.2) is 10.8 Å². The number of hydrogen-bond acceptors (Lipinski definition) is 2. The highest BCUT2D eigenvalue weighted by atomic mass is 32.1. The van der Waals surface area contributed by atoms with Gasteiger partial charge in [0.2, 0.25) is 0 Å². The molecule has 0 aromatic heterocycles. The average molecular weight is 275 g/mol. The standard InChI is InChI=1S/C15H21N3S/c1-11(17-18-15(16)19)12-7-9-14(10-8-12)13-5-3-2-4-6-13/h7-10,13H,2-6H2,1H3,(H3,16,18,19)/b17-11-. The molecule has 0 heterocycles. The molecule has 0 radical (unpaired) electrons. The number of hydrazone groups is 1. The van der Waals surface area contributed by atoms with E-state index >= 15 is 0 Å². The van der Waals surface area contributed by atoms with Gasteiger partial charge in [0.25, 0.3) is 0 Å². The van der Waals surface area contributed by atoms with E-state index in [-0.39, 0.29) is 5.11 Å². The molecule has 0 saturated heterocycles. The molecule has 0 atom stereocenters. The van der Waals surface area contributed by atoms with Crippen molar-refractivity contribution in [1.29, 1.82) is 0 Å². The molecule has 1 aliphatic rings. The second-order valence-corrected chi connectivity index (χ2v) is 5.57. The second kappa shape index (κ2) is 6.66. The molecule has 0 unspecified atom stereocenters. The van der Waals surface area contributed by atoms with Crippen LogP contribution in [0.2, 0.25) is 0 Å². The minimum absolute atomic E-state index is 0.193. The van der Waals surface area contributed by atoms with Crippen molar-refractivity contribution in [1.82, 2.24) is 5.43 Å². The summed E-state index contributed by atoms with van der Waals surface area (Å²) in [5, 5.41) is 4.33. The zero-order valence-corrected chi connectivity index (χ0v) is 12.2. The number of thiocarbonyl (C=S) groups is 1. The van der Waals surface area contributed by atoms with Crippen molar-refractivity contribution in [2.75, 3.05) is 0 Å². The zero-order valence-electron chi connectivity index (χ0n) is 11.4. The SMILES string of the molecule is C/C(=N/NC(N)=S)c1ccc(C2CCCCC2)cc1. The molecule has 0 spiro atoms. The third kappa shape index (κ3) is 4.03. The van der Waals surface area contributed by atoms with Crippen LogP contribution in [0.25, 0.3) is 0 Å². The van der Waals surface area contributed by atoms with Crippen LogP contribution in [0.4, 0.5) is 0 Å². The van der Waals surface area contributed by atoms with Crippen LogP contribution in [0.1, 0.15) is 56.1 Å². The highest BCUT2D eigenvalue weighted by molar-refractivity contribution is 7.80. The van der Waals surface area contributed by atoms with Crippen molar-refractivity contribution in [2.45, 2.75) is 44.9 Å². The molecular formula is C15H21N3S. The van der Waals surface area contributed by atoms with E-state index in [9.17, 15) is 0 Å². The van der Waals surface area contributed by atoms with E-state index in [0.29, 0.717) is 0 Å². The summed E-state index contributed by atoms with van der Waals surface area (Å²) >= 11 is 4.73. The molecule has 4 heteroatoms. The van der Waals surface area contributed by atoms with Gasteiger partial charge < -0.3 is 5.73 Å². The lowest BCUT2D eigenvalue weighted by Crippen LogP contribution is -2.25. The van der Waals surface area contributed by atoms with Crippen molar-refractivity contribution in [3.63, 3.8) is 0 Å². The Labute approximate surface area is 120 Å². The monoisotopic (exact) mass is 275 g/mol. The first-order valence-electron chi connectivity index (χ1n) is 6.87. The van der Waals surface area contributed by atoms with Crippen LogP contribution in [0.15, 0.2) is 29.4 Å². The van der Waals surface area contributed by atoms with Crippen LogP contribution in [0.5, 0.6) is 0 Å². The van der Waals surface area contributed by atoms with Gasteiger partial charge in [-0.1, -0.05) is 43.5 Å². The van der Waals surface area contributed by atoms with Gasteiger partial charge in [-0.05, 0) is 49.0 Å². The van der Waals surface area contributed by atoms with Crippen LogP contribution in [0.3, 0.4) is 0 Å². The van der Waals surface area contributed by atoms with E-state index < -0.39 is 0 Å². The first-order valence-corrected chi connectivity index (χ1v) is 7.27. The maximum Gasteiger partial charge on any atom is 0.184 e. The first-order chi connectivity index (χ1) is 9.16. The van der Waals surface area contributed by atoms with Crippen LogP contribution in [-0.2, 0) is 0 Å². The number of nitrogens with two attached hydrogens (primary N) is 1. The third-order valence-corrected chi connectivity index (χ3v) is 3.83. The van der Waals surface area contributed by atoms with Crippen LogP contribution < -0.4 is 11.2 Å². The summed E-state index contributed by atoms with van der Waals surface area (Å²) in [4.78, 5) is 0. The molecule has 3 N–H and O–H groups in total. The molecule has 3 nitrogen and oxygen atoms in total. The summed E-state index contributed by atoms with van der Waals surface area (Å²) in [5.41, 5.74) is 11.4. The molecule has 1 aliphatic carbocycles. The molecule has 102 valence electrons. The molecule has 2 rings (SSSR count). The summed E-state index contributed by atoms with van der Waals surface area (Å²) < 4.78 is 0. The maximum absolute atomic E-state index is 5.35. The molecule has 0 aliphatic heterocycles. The van der Waals surface area contributed by atoms with E-state index in [4.69, 9.17) is 18.0 Å². The molecule has 0 bridgehead atoms. The molecule has 1 aromatic rings. The van der Waals surface area contributed by atoms with Gasteiger partial charge in [0.15, 0.2) is 5.11 Å². The maximum atomic E-state index is 5.35. The quantitative estimate of drug-likeness (QED) is 0.505. The Balaban J connectivity index is 2.05. The van der Waals surface area contributed by atoms with E-state index in [0.717, 1.165) is 17.2 Å². The van der Waals surface area contributed by atoms with Gasteiger partial charge >= 0.3 is 0 Å². The smallest absolute Gasteiger partial charge is 0.184 e. The number of rotatable bonds is 3. The van der Waals surface area contributed by atoms with Gasteiger partial charge in [-0.2, -0.15) is 5.10 Å². The minimum Gasteiger partial charge on any atom is -0.375 e. The lowest BCUT2D eigenvalue weighted by atomic mass is 9.84. The largest absolute Gasteiger partial charge is 0.375 e. The van der Waals surface area contributed by atoms with Crippen LogP contribution >= 0.6 is 12.2 Å². The summed E-state index contributed by atoms with van der Waals surface area (Å²) in [6.45, 7) is 1.95. The predicted octanol–water partition coefficient (Wildman–Crippen LogP) is 3.29. The summed E-state index contributed by atoms with van der Waals surface area (Å²) in [7, 11) is 0. The number of nitrogens with zero attached hydrogens (tertiary/aromatic N) is 1. The lowest BCUT2D eigenvalue weighted by molar-refractivity contribution is 0.443. The number of benzene rings is 1. The van der Waals surface area contributed by atoms with Gasteiger partial charge in [0.05, 0.1) is 5.71 Å². The Bertz CT molecular complexity index is 459. The molecule has 1 saturated carbocycles. The predicted molar refractivity (Wildman–Crippen MR) is 84.4 cm³/mol. The van der Waals surface area contributed by atoms with Crippen molar-refractivity contribution in [3.8, 4) is 0 Å². The van der Waals surface area contributed by atoms with E-state index in [1.165, 1.54) is 37.7 Å². The average Bonchev–Trinajstić information content (AvgIpc) is 2.46. The Morgan fingerprint density at radius 2 is 1.84 bits per heavy atom. The van der Waals surface area contributed by atoms with Gasteiger partial charge in [-0.3, -0.25) is 5.43 Å². The van der Waals surface area contributed by atoms with Crippen molar-refractivity contribution < 1.29 is 0 Å². The van der Waals surface area contributed by atoms with Crippen molar-refractivity contribution in [2.24, 2.45) is 10.8 Å². The fourth-order valence-electron chi connectivity index (χ4n) is 2.64. The fraction of sp³-hybridized carbons (Fsp3) is 0.467. The Morgan fingerprint density at radius 3 is 2.42 bits per heavy atom. The summed E-state index contributed by atoms with van der Waals surface area (Å²) in [5.74, 6) is 0.745. The molecule has 1 fully saturated rings. The minimum atomic E-state index is 0.193. The van der Waals surface area contributed by atoms with E-state index in [2.05, 4.69) is 34.8 Å². The van der Waals surface area contributed by atoms with E-state index in [1.807, 2.05) is 6.92 Å². The Hall–Kier alpha value is -1.42. The topological polar surface area (TPSA) is 50.4 Å². The van der Waals surface area contributed by atoms with E-state index in [1.54, 1.807) is 0 Å².